The number of hydrogen-bond acceptors (Lipinski definition) is 5. The predicted molar refractivity (Wildman–Crippen MR) is 80.7 cm³/mol. The average Bonchev–Trinajstić information content (AvgIpc) is 3.15. The van der Waals surface area contributed by atoms with Gasteiger partial charge in [-0.25, -0.2) is 0 Å². The molecule has 0 saturated carbocycles. The van der Waals surface area contributed by atoms with Crippen molar-refractivity contribution in [3.63, 3.8) is 0 Å². The molecule has 3 aromatic heterocycles. The standard InChI is InChI=1S/C14H14N4O2S/c1-2-8-21-14-17-16-12-6-5-10(9-18(12)14)15-13(19)11-4-3-7-20-11/h3-7,9H,2,8H2,1H3,(H,15,19). The van der Waals surface area contributed by atoms with Crippen molar-refractivity contribution >= 4 is 29.0 Å². The molecule has 0 radical (unpaired) electrons. The Balaban J connectivity index is 1.84. The van der Waals surface area contributed by atoms with Gasteiger partial charge < -0.3 is 9.73 Å². The molecule has 0 atom stereocenters. The molecular weight excluding hydrogens is 288 g/mol. The van der Waals surface area contributed by atoms with E-state index >= 15 is 0 Å². The largest absolute Gasteiger partial charge is 0.459 e. The fraction of sp³-hybridized carbons (Fsp3) is 0.214. The van der Waals surface area contributed by atoms with E-state index in [0.29, 0.717) is 5.69 Å². The number of nitrogens with one attached hydrogen (secondary N) is 1. The van der Waals surface area contributed by atoms with Gasteiger partial charge in [-0.05, 0) is 30.7 Å². The maximum Gasteiger partial charge on any atom is 0.291 e. The molecular formula is C14H14N4O2S. The zero-order valence-corrected chi connectivity index (χ0v) is 12.3. The fourth-order valence-electron chi connectivity index (χ4n) is 1.84. The maximum absolute atomic E-state index is 12.0. The number of thioether (sulfide) groups is 1. The van der Waals surface area contributed by atoms with Gasteiger partial charge in [-0.3, -0.25) is 9.20 Å². The number of rotatable bonds is 5. The van der Waals surface area contributed by atoms with Crippen LogP contribution in [0.4, 0.5) is 5.69 Å². The highest BCUT2D eigenvalue weighted by molar-refractivity contribution is 7.99. The number of carbonyl (C=O) groups excluding carboxylic acids is 1. The zero-order valence-electron chi connectivity index (χ0n) is 11.4. The zero-order chi connectivity index (χ0) is 14.7. The van der Waals surface area contributed by atoms with Crippen LogP contribution in [0.15, 0.2) is 46.3 Å². The Labute approximate surface area is 125 Å². The quantitative estimate of drug-likeness (QED) is 0.733. The molecule has 1 N–H and O–H groups in total. The van der Waals surface area contributed by atoms with Crippen LogP contribution in [-0.2, 0) is 0 Å². The van der Waals surface area contributed by atoms with Crippen LogP contribution in [0.2, 0.25) is 0 Å². The summed E-state index contributed by atoms with van der Waals surface area (Å²) in [5.41, 5.74) is 1.42. The van der Waals surface area contributed by atoms with Crippen molar-refractivity contribution in [2.24, 2.45) is 0 Å². The molecule has 0 unspecified atom stereocenters. The van der Waals surface area contributed by atoms with Crippen LogP contribution >= 0.6 is 11.8 Å². The lowest BCUT2D eigenvalue weighted by Gasteiger charge is -2.05. The third kappa shape index (κ3) is 2.92. The van der Waals surface area contributed by atoms with E-state index in [-0.39, 0.29) is 11.7 Å². The molecule has 3 heterocycles. The summed E-state index contributed by atoms with van der Waals surface area (Å²) < 4.78 is 6.94. The highest BCUT2D eigenvalue weighted by Gasteiger charge is 2.11. The minimum Gasteiger partial charge on any atom is -0.459 e. The third-order valence-electron chi connectivity index (χ3n) is 2.81. The van der Waals surface area contributed by atoms with Crippen molar-refractivity contribution in [2.75, 3.05) is 11.1 Å². The summed E-state index contributed by atoms with van der Waals surface area (Å²) in [6.07, 6.45) is 4.35. The summed E-state index contributed by atoms with van der Waals surface area (Å²) in [5.74, 6) is 0.971. The summed E-state index contributed by atoms with van der Waals surface area (Å²) in [6.45, 7) is 2.12. The van der Waals surface area contributed by atoms with E-state index in [4.69, 9.17) is 4.42 Å². The molecule has 0 aliphatic carbocycles. The number of fused-ring (bicyclic) bond motifs is 1. The Morgan fingerprint density at radius 1 is 1.38 bits per heavy atom. The summed E-state index contributed by atoms with van der Waals surface area (Å²) in [7, 11) is 0. The first-order chi connectivity index (χ1) is 10.3. The van der Waals surface area contributed by atoms with Gasteiger partial charge in [0.15, 0.2) is 16.6 Å². The summed E-state index contributed by atoms with van der Waals surface area (Å²) in [4.78, 5) is 12.0. The lowest BCUT2D eigenvalue weighted by molar-refractivity contribution is 0.0996. The maximum atomic E-state index is 12.0. The van der Waals surface area contributed by atoms with Crippen molar-refractivity contribution in [3.8, 4) is 0 Å². The highest BCUT2D eigenvalue weighted by Crippen LogP contribution is 2.20. The van der Waals surface area contributed by atoms with Crippen LogP contribution in [0, 0.1) is 0 Å². The van der Waals surface area contributed by atoms with Crippen molar-refractivity contribution in [1.29, 1.82) is 0 Å². The van der Waals surface area contributed by atoms with Crippen molar-refractivity contribution < 1.29 is 9.21 Å². The monoisotopic (exact) mass is 302 g/mol. The summed E-state index contributed by atoms with van der Waals surface area (Å²) >= 11 is 1.64. The van der Waals surface area contributed by atoms with E-state index in [1.165, 1.54) is 6.26 Å². The van der Waals surface area contributed by atoms with Crippen molar-refractivity contribution in [1.82, 2.24) is 14.6 Å². The van der Waals surface area contributed by atoms with E-state index in [9.17, 15) is 4.79 Å². The SMILES string of the molecule is CCCSc1nnc2ccc(NC(=O)c3ccco3)cn12. The number of hydrogen-bond donors (Lipinski definition) is 1. The van der Waals surface area contributed by atoms with E-state index in [1.54, 1.807) is 30.0 Å². The van der Waals surface area contributed by atoms with E-state index in [0.717, 1.165) is 23.0 Å². The van der Waals surface area contributed by atoms with Crippen LogP contribution in [0.3, 0.4) is 0 Å². The second kappa shape index (κ2) is 6.01. The van der Waals surface area contributed by atoms with Gasteiger partial charge in [0.25, 0.3) is 5.91 Å². The molecule has 0 bridgehead atoms. The number of anilines is 1. The molecule has 0 fully saturated rings. The highest BCUT2D eigenvalue weighted by atomic mass is 32.2. The second-order valence-electron chi connectivity index (χ2n) is 4.41. The van der Waals surface area contributed by atoms with E-state index < -0.39 is 0 Å². The number of carbonyl (C=O) groups is 1. The van der Waals surface area contributed by atoms with Crippen LogP contribution in [0.25, 0.3) is 5.65 Å². The first kappa shape index (κ1) is 13.7. The molecule has 6 nitrogen and oxygen atoms in total. The summed E-state index contributed by atoms with van der Waals surface area (Å²) in [6, 6.07) is 6.91. The fourth-order valence-corrected chi connectivity index (χ4v) is 2.61. The molecule has 0 aliphatic rings. The van der Waals surface area contributed by atoms with Gasteiger partial charge in [0.2, 0.25) is 0 Å². The minimum absolute atomic E-state index is 0.277. The Kier molecular flexibility index (Phi) is 3.92. The Morgan fingerprint density at radius 2 is 2.29 bits per heavy atom. The molecule has 0 spiro atoms. The molecule has 0 aromatic carbocycles. The molecule has 108 valence electrons. The normalized spacial score (nSPS) is 10.9. The molecule has 0 aliphatic heterocycles. The van der Waals surface area contributed by atoms with Gasteiger partial charge in [-0.1, -0.05) is 18.7 Å². The average molecular weight is 302 g/mol. The third-order valence-corrected chi connectivity index (χ3v) is 3.96. The molecule has 1 amide bonds. The van der Waals surface area contributed by atoms with Gasteiger partial charge in [0, 0.05) is 11.9 Å². The molecule has 3 aromatic rings. The van der Waals surface area contributed by atoms with Gasteiger partial charge >= 0.3 is 0 Å². The molecule has 21 heavy (non-hydrogen) atoms. The van der Waals surface area contributed by atoms with Gasteiger partial charge in [0.05, 0.1) is 12.0 Å². The number of nitrogens with zero attached hydrogens (tertiary/aromatic N) is 3. The van der Waals surface area contributed by atoms with Crippen LogP contribution < -0.4 is 5.32 Å². The van der Waals surface area contributed by atoms with Gasteiger partial charge in [-0.2, -0.15) is 0 Å². The first-order valence-electron chi connectivity index (χ1n) is 6.60. The van der Waals surface area contributed by atoms with Crippen molar-refractivity contribution in [2.45, 2.75) is 18.5 Å². The van der Waals surface area contributed by atoms with E-state index in [2.05, 4.69) is 22.4 Å². The molecule has 0 saturated heterocycles. The second-order valence-corrected chi connectivity index (χ2v) is 5.47. The number of amides is 1. The topological polar surface area (TPSA) is 72.4 Å². The van der Waals surface area contributed by atoms with Crippen LogP contribution in [0.5, 0.6) is 0 Å². The van der Waals surface area contributed by atoms with Crippen LogP contribution in [0.1, 0.15) is 23.9 Å². The molecule has 3 rings (SSSR count). The Bertz CT molecular complexity index is 752. The van der Waals surface area contributed by atoms with Crippen molar-refractivity contribution in [3.05, 3.63) is 42.5 Å². The number of pyridine rings is 1. The Morgan fingerprint density at radius 3 is 3.05 bits per heavy atom. The lowest BCUT2D eigenvalue weighted by Crippen LogP contribution is -2.11. The van der Waals surface area contributed by atoms with E-state index in [1.807, 2.05) is 16.7 Å². The number of aromatic nitrogens is 3. The minimum atomic E-state index is -0.282. The smallest absolute Gasteiger partial charge is 0.291 e. The number of furan rings is 1. The predicted octanol–water partition coefficient (Wildman–Crippen LogP) is 3.08. The molecule has 7 heteroatoms. The lowest BCUT2D eigenvalue weighted by atomic mass is 10.3. The summed E-state index contributed by atoms with van der Waals surface area (Å²) in [5, 5.41) is 11.9. The van der Waals surface area contributed by atoms with Crippen LogP contribution in [-0.4, -0.2) is 26.3 Å². The first-order valence-corrected chi connectivity index (χ1v) is 7.59. The Hall–Kier alpha value is -2.28. The van der Waals surface area contributed by atoms with Gasteiger partial charge in [0.1, 0.15) is 0 Å². The van der Waals surface area contributed by atoms with Gasteiger partial charge in [-0.15, -0.1) is 10.2 Å².